The highest BCUT2D eigenvalue weighted by molar-refractivity contribution is 6.31. The summed E-state index contributed by atoms with van der Waals surface area (Å²) in [5.41, 5.74) is 1.94. The third-order valence-corrected chi connectivity index (χ3v) is 4.27. The Morgan fingerprint density at radius 1 is 1.18 bits per heavy atom. The zero-order valence-electron chi connectivity index (χ0n) is 12.5. The lowest BCUT2D eigenvalue weighted by atomic mass is 9.85. The van der Waals surface area contributed by atoms with E-state index in [9.17, 15) is 4.79 Å². The standard InChI is InChI=1S/C18H17ClO3/c1-3-21-17(20)16-18(22-16,13-9-5-4-8-12(13)2)14-10-6-7-11-15(14)19/h4-11,16H,3H2,1-2H3. The Morgan fingerprint density at radius 2 is 1.82 bits per heavy atom. The van der Waals surface area contributed by atoms with Crippen LogP contribution < -0.4 is 0 Å². The molecule has 2 atom stereocenters. The summed E-state index contributed by atoms with van der Waals surface area (Å²) in [6.07, 6.45) is -0.659. The lowest BCUT2D eigenvalue weighted by Gasteiger charge is -2.17. The highest BCUT2D eigenvalue weighted by Crippen LogP contribution is 2.54. The molecule has 1 fully saturated rings. The van der Waals surface area contributed by atoms with Crippen molar-refractivity contribution in [1.82, 2.24) is 0 Å². The van der Waals surface area contributed by atoms with Crippen LogP contribution >= 0.6 is 11.6 Å². The molecule has 0 spiro atoms. The quantitative estimate of drug-likeness (QED) is 0.635. The number of benzene rings is 2. The van der Waals surface area contributed by atoms with Gasteiger partial charge in [-0.2, -0.15) is 0 Å². The lowest BCUT2D eigenvalue weighted by molar-refractivity contribution is -0.144. The normalized spacial score (nSPS) is 23.1. The van der Waals surface area contributed by atoms with Crippen molar-refractivity contribution in [3.63, 3.8) is 0 Å². The SMILES string of the molecule is CCOC(=O)C1OC1(c1ccccc1C)c1ccccc1Cl. The third-order valence-electron chi connectivity index (χ3n) is 3.94. The molecule has 3 rings (SSSR count). The lowest BCUT2D eigenvalue weighted by Crippen LogP contribution is -2.23. The van der Waals surface area contributed by atoms with E-state index in [-0.39, 0.29) is 5.97 Å². The van der Waals surface area contributed by atoms with Gasteiger partial charge in [0.2, 0.25) is 0 Å². The van der Waals surface area contributed by atoms with Crippen LogP contribution in [0.15, 0.2) is 48.5 Å². The molecular formula is C18H17ClO3. The molecular weight excluding hydrogens is 300 g/mol. The van der Waals surface area contributed by atoms with Gasteiger partial charge in [0.05, 0.1) is 6.61 Å². The number of hydrogen-bond acceptors (Lipinski definition) is 3. The highest BCUT2D eigenvalue weighted by atomic mass is 35.5. The van der Waals surface area contributed by atoms with E-state index in [1.54, 1.807) is 13.0 Å². The van der Waals surface area contributed by atoms with Crippen molar-refractivity contribution in [2.45, 2.75) is 25.6 Å². The number of carbonyl (C=O) groups excluding carboxylic acids is 1. The number of carbonyl (C=O) groups is 1. The molecule has 0 radical (unpaired) electrons. The Morgan fingerprint density at radius 3 is 2.45 bits per heavy atom. The molecule has 22 heavy (non-hydrogen) atoms. The van der Waals surface area contributed by atoms with Gasteiger partial charge in [0.1, 0.15) is 0 Å². The molecule has 0 aliphatic carbocycles. The summed E-state index contributed by atoms with van der Waals surface area (Å²) in [5, 5.41) is 0.581. The van der Waals surface area contributed by atoms with Gasteiger partial charge in [0.25, 0.3) is 0 Å². The van der Waals surface area contributed by atoms with Crippen LogP contribution in [-0.4, -0.2) is 18.7 Å². The zero-order chi connectivity index (χ0) is 15.7. The van der Waals surface area contributed by atoms with Crippen molar-refractivity contribution in [2.75, 3.05) is 6.61 Å². The van der Waals surface area contributed by atoms with Gasteiger partial charge in [0.15, 0.2) is 11.7 Å². The van der Waals surface area contributed by atoms with Gasteiger partial charge in [-0.05, 0) is 31.0 Å². The molecule has 1 saturated heterocycles. The van der Waals surface area contributed by atoms with Crippen LogP contribution in [0.5, 0.6) is 0 Å². The van der Waals surface area contributed by atoms with Crippen LogP contribution in [0.4, 0.5) is 0 Å². The van der Waals surface area contributed by atoms with Crippen molar-refractivity contribution in [2.24, 2.45) is 0 Å². The molecule has 0 saturated carbocycles. The molecule has 2 aromatic rings. The summed E-state index contributed by atoms with van der Waals surface area (Å²) >= 11 is 6.37. The number of halogens is 1. The Balaban J connectivity index is 2.12. The van der Waals surface area contributed by atoms with Gasteiger partial charge >= 0.3 is 5.97 Å². The number of epoxide rings is 1. The van der Waals surface area contributed by atoms with Crippen LogP contribution in [0.1, 0.15) is 23.6 Å². The second-order valence-electron chi connectivity index (χ2n) is 5.28. The highest BCUT2D eigenvalue weighted by Gasteiger charge is 2.65. The van der Waals surface area contributed by atoms with Gasteiger partial charge in [-0.3, -0.25) is 0 Å². The van der Waals surface area contributed by atoms with E-state index in [4.69, 9.17) is 21.1 Å². The average molecular weight is 317 g/mol. The predicted octanol–water partition coefficient (Wildman–Crippen LogP) is 3.85. The Hall–Kier alpha value is -1.84. The molecule has 1 aliphatic rings. The molecule has 0 bridgehead atoms. The predicted molar refractivity (Wildman–Crippen MR) is 84.9 cm³/mol. The molecule has 1 heterocycles. The van der Waals surface area contributed by atoms with Gasteiger partial charge < -0.3 is 9.47 Å². The molecule has 114 valence electrons. The molecule has 1 aliphatic heterocycles. The van der Waals surface area contributed by atoms with E-state index >= 15 is 0 Å². The Labute approximate surface area is 134 Å². The molecule has 0 aromatic heterocycles. The van der Waals surface area contributed by atoms with Crippen molar-refractivity contribution in [1.29, 1.82) is 0 Å². The van der Waals surface area contributed by atoms with E-state index in [1.165, 1.54) is 0 Å². The fraction of sp³-hybridized carbons (Fsp3) is 0.278. The molecule has 2 unspecified atom stereocenters. The first kappa shape index (κ1) is 15.1. The average Bonchev–Trinajstić information content (AvgIpc) is 3.25. The molecule has 2 aromatic carbocycles. The van der Waals surface area contributed by atoms with E-state index in [1.807, 2.05) is 49.4 Å². The van der Waals surface area contributed by atoms with Gasteiger partial charge in [-0.15, -0.1) is 0 Å². The minimum Gasteiger partial charge on any atom is -0.464 e. The second-order valence-corrected chi connectivity index (χ2v) is 5.69. The van der Waals surface area contributed by atoms with E-state index in [2.05, 4.69) is 0 Å². The molecule has 3 nitrogen and oxygen atoms in total. The summed E-state index contributed by atoms with van der Waals surface area (Å²) in [6, 6.07) is 15.3. The molecule has 0 N–H and O–H groups in total. The minimum atomic E-state index is -0.851. The monoisotopic (exact) mass is 316 g/mol. The number of aryl methyl sites for hydroxylation is 1. The minimum absolute atomic E-state index is 0.324. The Bertz CT molecular complexity index is 665. The van der Waals surface area contributed by atoms with Crippen molar-refractivity contribution in [3.05, 3.63) is 70.2 Å². The van der Waals surface area contributed by atoms with Crippen LogP contribution in [-0.2, 0) is 19.9 Å². The Kier molecular flexibility index (Phi) is 3.94. The third kappa shape index (κ3) is 2.31. The maximum atomic E-state index is 12.2. The van der Waals surface area contributed by atoms with Gasteiger partial charge in [-0.1, -0.05) is 54.1 Å². The smallest absolute Gasteiger partial charge is 0.339 e. The first-order valence-electron chi connectivity index (χ1n) is 7.26. The first-order valence-corrected chi connectivity index (χ1v) is 7.64. The first-order chi connectivity index (χ1) is 10.6. The van der Waals surface area contributed by atoms with Crippen LogP contribution in [0, 0.1) is 6.92 Å². The number of rotatable bonds is 4. The number of ether oxygens (including phenoxy) is 2. The van der Waals surface area contributed by atoms with Gasteiger partial charge in [-0.25, -0.2) is 4.79 Å². The zero-order valence-corrected chi connectivity index (χ0v) is 13.3. The van der Waals surface area contributed by atoms with Crippen molar-refractivity contribution in [3.8, 4) is 0 Å². The fourth-order valence-electron chi connectivity index (χ4n) is 2.89. The van der Waals surface area contributed by atoms with E-state index < -0.39 is 11.7 Å². The number of esters is 1. The summed E-state index contributed by atoms with van der Waals surface area (Å²) in [6.45, 7) is 4.11. The summed E-state index contributed by atoms with van der Waals surface area (Å²) in [5.74, 6) is -0.356. The van der Waals surface area contributed by atoms with Crippen molar-refractivity contribution >= 4 is 17.6 Å². The van der Waals surface area contributed by atoms with Crippen LogP contribution in [0.2, 0.25) is 5.02 Å². The maximum Gasteiger partial charge on any atom is 0.339 e. The van der Waals surface area contributed by atoms with Crippen LogP contribution in [0.25, 0.3) is 0 Å². The molecule has 0 amide bonds. The van der Waals surface area contributed by atoms with E-state index in [0.717, 1.165) is 16.7 Å². The molecule has 4 heteroatoms. The topological polar surface area (TPSA) is 38.8 Å². The van der Waals surface area contributed by atoms with Crippen molar-refractivity contribution < 1.29 is 14.3 Å². The summed E-state index contributed by atoms with van der Waals surface area (Å²) in [4.78, 5) is 12.2. The van der Waals surface area contributed by atoms with Crippen LogP contribution in [0.3, 0.4) is 0 Å². The van der Waals surface area contributed by atoms with Gasteiger partial charge in [0, 0.05) is 10.6 Å². The maximum absolute atomic E-state index is 12.2. The summed E-state index contributed by atoms with van der Waals surface area (Å²) in [7, 11) is 0. The largest absolute Gasteiger partial charge is 0.464 e. The second kappa shape index (κ2) is 5.75. The number of hydrogen-bond donors (Lipinski definition) is 0. The van der Waals surface area contributed by atoms with E-state index in [0.29, 0.717) is 11.6 Å². The summed E-state index contributed by atoms with van der Waals surface area (Å²) < 4.78 is 11.0. The fourth-order valence-corrected chi connectivity index (χ4v) is 3.17.